The summed E-state index contributed by atoms with van der Waals surface area (Å²) in [4.78, 5) is 24.3. The number of amides is 1. The first-order valence-corrected chi connectivity index (χ1v) is 8.67. The third kappa shape index (κ3) is 3.23. The molecule has 0 saturated heterocycles. The van der Waals surface area contributed by atoms with Crippen molar-refractivity contribution in [1.29, 1.82) is 0 Å². The Morgan fingerprint density at radius 2 is 2.04 bits per heavy atom. The second-order valence-corrected chi connectivity index (χ2v) is 8.01. The molecule has 1 fully saturated rings. The first-order valence-electron chi connectivity index (χ1n) is 7.04. The predicted molar refractivity (Wildman–Crippen MR) is 87.9 cm³/mol. The molecule has 2 aromatic rings. The van der Waals surface area contributed by atoms with E-state index in [1.54, 1.807) is 6.07 Å². The first kappa shape index (κ1) is 15.9. The first-order chi connectivity index (χ1) is 10.9. The number of anilines is 1. The lowest BCUT2D eigenvalue weighted by atomic mass is 10.1. The zero-order valence-electron chi connectivity index (χ0n) is 12.6. The average Bonchev–Trinajstić information content (AvgIpc) is 3.21. The standard InChI is InChI=1S/C15H15N3O3S2/c1-8-7-10(23-14-18-17-9(2)22-14)3-4-11(8)16-12(19)15(5-6-15)13(20)21/h3-4,7H,5-6H2,1-2H3,(H,16,19)(H,20,21). The quantitative estimate of drug-likeness (QED) is 0.806. The van der Waals surface area contributed by atoms with Crippen molar-refractivity contribution < 1.29 is 14.7 Å². The van der Waals surface area contributed by atoms with Crippen molar-refractivity contribution in [2.24, 2.45) is 5.41 Å². The van der Waals surface area contributed by atoms with Gasteiger partial charge in [-0.1, -0.05) is 23.1 Å². The van der Waals surface area contributed by atoms with Crippen molar-refractivity contribution in [3.63, 3.8) is 0 Å². The minimum absolute atomic E-state index is 0.400. The van der Waals surface area contributed by atoms with E-state index in [-0.39, 0.29) is 0 Å². The van der Waals surface area contributed by atoms with Crippen LogP contribution < -0.4 is 5.32 Å². The van der Waals surface area contributed by atoms with Crippen LogP contribution in [-0.2, 0) is 9.59 Å². The number of rotatable bonds is 5. The van der Waals surface area contributed by atoms with Gasteiger partial charge in [-0.3, -0.25) is 9.59 Å². The van der Waals surface area contributed by atoms with Crippen molar-refractivity contribution in [2.75, 3.05) is 5.32 Å². The van der Waals surface area contributed by atoms with Gasteiger partial charge in [0.05, 0.1) is 0 Å². The van der Waals surface area contributed by atoms with Gasteiger partial charge in [0.25, 0.3) is 0 Å². The Morgan fingerprint density at radius 1 is 1.30 bits per heavy atom. The maximum atomic E-state index is 12.2. The molecule has 8 heteroatoms. The highest BCUT2D eigenvalue weighted by atomic mass is 32.2. The zero-order valence-corrected chi connectivity index (χ0v) is 14.3. The largest absolute Gasteiger partial charge is 0.480 e. The molecule has 1 saturated carbocycles. The van der Waals surface area contributed by atoms with Gasteiger partial charge in [-0.25, -0.2) is 0 Å². The van der Waals surface area contributed by atoms with Crippen LogP contribution in [0.25, 0.3) is 0 Å². The highest BCUT2D eigenvalue weighted by molar-refractivity contribution is 8.01. The Labute approximate surface area is 141 Å². The lowest BCUT2D eigenvalue weighted by Crippen LogP contribution is -2.31. The summed E-state index contributed by atoms with van der Waals surface area (Å²) in [6.07, 6.45) is 0.801. The highest BCUT2D eigenvalue weighted by Crippen LogP contribution is 2.47. The fourth-order valence-corrected chi connectivity index (χ4v) is 4.05. The van der Waals surface area contributed by atoms with Gasteiger partial charge < -0.3 is 10.4 Å². The van der Waals surface area contributed by atoms with E-state index in [1.165, 1.54) is 23.1 Å². The van der Waals surface area contributed by atoms with Crippen LogP contribution in [-0.4, -0.2) is 27.2 Å². The third-order valence-electron chi connectivity index (χ3n) is 3.75. The summed E-state index contributed by atoms with van der Waals surface area (Å²) in [5.74, 6) is -1.49. The summed E-state index contributed by atoms with van der Waals surface area (Å²) in [6.45, 7) is 3.78. The molecule has 3 rings (SSSR count). The molecular weight excluding hydrogens is 334 g/mol. The second-order valence-electron chi connectivity index (χ2n) is 5.51. The average molecular weight is 349 g/mol. The van der Waals surface area contributed by atoms with E-state index < -0.39 is 17.3 Å². The van der Waals surface area contributed by atoms with E-state index in [1.807, 2.05) is 26.0 Å². The number of aliphatic carboxylic acids is 1. The number of aromatic nitrogens is 2. The molecule has 1 aliphatic carbocycles. The lowest BCUT2D eigenvalue weighted by Gasteiger charge is -2.13. The van der Waals surface area contributed by atoms with E-state index in [2.05, 4.69) is 15.5 Å². The molecule has 0 unspecified atom stereocenters. The van der Waals surface area contributed by atoms with E-state index in [4.69, 9.17) is 5.11 Å². The Kier molecular flexibility index (Phi) is 4.11. The van der Waals surface area contributed by atoms with Gasteiger partial charge in [-0.15, -0.1) is 10.2 Å². The third-order valence-corrected chi connectivity index (χ3v) is 5.63. The van der Waals surface area contributed by atoms with Gasteiger partial charge in [-0.2, -0.15) is 0 Å². The SMILES string of the molecule is Cc1nnc(Sc2ccc(NC(=O)C3(C(=O)O)CC3)c(C)c2)s1. The molecule has 0 bridgehead atoms. The lowest BCUT2D eigenvalue weighted by molar-refractivity contribution is -0.147. The minimum atomic E-state index is -1.23. The van der Waals surface area contributed by atoms with Crippen molar-refractivity contribution in [2.45, 2.75) is 35.9 Å². The van der Waals surface area contributed by atoms with Gasteiger partial charge in [0.2, 0.25) is 5.91 Å². The molecule has 1 amide bonds. The number of carbonyl (C=O) groups is 2. The smallest absolute Gasteiger partial charge is 0.319 e. The summed E-state index contributed by atoms with van der Waals surface area (Å²) in [6, 6.07) is 5.61. The van der Waals surface area contributed by atoms with Crippen molar-refractivity contribution in [1.82, 2.24) is 10.2 Å². The van der Waals surface area contributed by atoms with Crippen LogP contribution in [0.4, 0.5) is 5.69 Å². The van der Waals surface area contributed by atoms with Gasteiger partial charge in [0, 0.05) is 10.6 Å². The van der Waals surface area contributed by atoms with Crippen LogP contribution in [0.1, 0.15) is 23.4 Å². The van der Waals surface area contributed by atoms with Gasteiger partial charge >= 0.3 is 5.97 Å². The summed E-state index contributed by atoms with van der Waals surface area (Å²) in [7, 11) is 0. The molecule has 1 heterocycles. The Bertz CT molecular complexity index is 784. The van der Waals surface area contributed by atoms with Crippen LogP contribution in [0.3, 0.4) is 0 Å². The van der Waals surface area contributed by atoms with Crippen molar-refractivity contribution in [3.05, 3.63) is 28.8 Å². The Hall–Kier alpha value is -1.93. The van der Waals surface area contributed by atoms with Crippen LogP contribution in [0.5, 0.6) is 0 Å². The molecule has 6 nitrogen and oxygen atoms in total. The number of carboxylic acid groups (broad SMARTS) is 1. The number of aryl methyl sites for hydroxylation is 2. The molecule has 0 atom stereocenters. The topological polar surface area (TPSA) is 92.2 Å². The highest BCUT2D eigenvalue weighted by Gasteiger charge is 2.57. The normalized spacial score (nSPS) is 15.2. The number of nitrogens with zero attached hydrogens (tertiary/aromatic N) is 2. The Balaban J connectivity index is 1.72. The molecule has 0 aliphatic heterocycles. The van der Waals surface area contributed by atoms with Crippen LogP contribution in [0.15, 0.2) is 27.4 Å². The number of hydrogen-bond donors (Lipinski definition) is 2. The summed E-state index contributed by atoms with van der Waals surface area (Å²) in [5, 5.41) is 20.9. The zero-order chi connectivity index (χ0) is 16.6. The van der Waals surface area contributed by atoms with Crippen LogP contribution in [0, 0.1) is 19.3 Å². The van der Waals surface area contributed by atoms with E-state index in [0.29, 0.717) is 18.5 Å². The van der Waals surface area contributed by atoms with E-state index >= 15 is 0 Å². The van der Waals surface area contributed by atoms with Gasteiger partial charge in [0.15, 0.2) is 4.34 Å². The molecule has 23 heavy (non-hydrogen) atoms. The minimum Gasteiger partial charge on any atom is -0.480 e. The monoisotopic (exact) mass is 349 g/mol. The number of carbonyl (C=O) groups excluding carboxylic acids is 1. The predicted octanol–water partition coefficient (Wildman–Crippen LogP) is 3.11. The maximum Gasteiger partial charge on any atom is 0.319 e. The number of carboxylic acids is 1. The molecule has 1 aromatic heterocycles. The molecule has 1 aliphatic rings. The van der Waals surface area contributed by atoms with Crippen LogP contribution in [0.2, 0.25) is 0 Å². The van der Waals surface area contributed by atoms with Gasteiger partial charge in [0.1, 0.15) is 10.4 Å². The number of benzene rings is 1. The number of hydrogen-bond acceptors (Lipinski definition) is 6. The van der Waals surface area contributed by atoms with Crippen molar-refractivity contribution in [3.8, 4) is 0 Å². The molecular formula is C15H15N3O3S2. The fourth-order valence-electron chi connectivity index (χ4n) is 2.17. The summed E-state index contributed by atoms with van der Waals surface area (Å²) in [5.41, 5.74) is 0.287. The molecule has 0 spiro atoms. The fraction of sp³-hybridized carbons (Fsp3) is 0.333. The Morgan fingerprint density at radius 3 is 2.57 bits per heavy atom. The molecule has 2 N–H and O–H groups in total. The maximum absolute atomic E-state index is 12.2. The summed E-state index contributed by atoms with van der Waals surface area (Å²) < 4.78 is 0.862. The van der Waals surface area contributed by atoms with E-state index in [0.717, 1.165) is 19.8 Å². The van der Waals surface area contributed by atoms with Crippen molar-refractivity contribution >= 4 is 40.7 Å². The summed E-state index contributed by atoms with van der Waals surface area (Å²) >= 11 is 3.03. The van der Waals surface area contributed by atoms with E-state index in [9.17, 15) is 9.59 Å². The van der Waals surface area contributed by atoms with Gasteiger partial charge in [-0.05, 0) is 50.5 Å². The number of nitrogens with one attached hydrogen (secondary N) is 1. The molecule has 120 valence electrons. The molecule has 0 radical (unpaired) electrons. The second kappa shape index (κ2) is 5.93. The van der Waals surface area contributed by atoms with Crippen LogP contribution >= 0.6 is 23.1 Å². The molecule has 1 aromatic carbocycles.